The molecule has 132 valence electrons. The Bertz CT molecular complexity index is 610. The van der Waals surface area contributed by atoms with Gasteiger partial charge in [-0.15, -0.1) is 0 Å². The van der Waals surface area contributed by atoms with Crippen LogP contribution in [0.2, 0.25) is 0 Å². The summed E-state index contributed by atoms with van der Waals surface area (Å²) in [5.41, 5.74) is 0.350. The van der Waals surface area contributed by atoms with Gasteiger partial charge in [0, 0.05) is 17.3 Å². The van der Waals surface area contributed by atoms with Gasteiger partial charge in [-0.2, -0.15) is 0 Å². The molecule has 1 aromatic carbocycles. The number of carbonyl (C=O) groups is 2. The summed E-state index contributed by atoms with van der Waals surface area (Å²) >= 11 is 0. The minimum atomic E-state index is -0.286. The molecular formula is C17H25N3O4. The van der Waals surface area contributed by atoms with E-state index in [1.807, 2.05) is 20.8 Å². The lowest BCUT2D eigenvalue weighted by Gasteiger charge is -2.23. The molecule has 7 nitrogen and oxygen atoms in total. The van der Waals surface area contributed by atoms with Gasteiger partial charge in [-0.3, -0.25) is 14.5 Å². The van der Waals surface area contributed by atoms with Gasteiger partial charge in [-0.1, -0.05) is 0 Å². The second-order valence-corrected chi connectivity index (χ2v) is 6.88. The van der Waals surface area contributed by atoms with Crippen molar-refractivity contribution in [3.8, 4) is 11.5 Å². The minimum absolute atomic E-state index is 0.114. The summed E-state index contributed by atoms with van der Waals surface area (Å²) in [5, 5.41) is 5.66. The van der Waals surface area contributed by atoms with Crippen LogP contribution in [0.25, 0.3) is 0 Å². The zero-order valence-corrected chi connectivity index (χ0v) is 14.6. The van der Waals surface area contributed by atoms with Crippen molar-refractivity contribution in [1.29, 1.82) is 0 Å². The van der Waals surface area contributed by atoms with Gasteiger partial charge in [0.25, 0.3) is 0 Å². The van der Waals surface area contributed by atoms with Gasteiger partial charge in [-0.05, 0) is 40.0 Å². The average molecular weight is 335 g/mol. The summed E-state index contributed by atoms with van der Waals surface area (Å²) in [6.07, 6.45) is 0. The van der Waals surface area contributed by atoms with E-state index in [0.717, 1.165) is 0 Å². The molecule has 1 heterocycles. The number of nitrogens with zero attached hydrogens (tertiary/aromatic N) is 1. The Balaban J connectivity index is 1.83. The molecule has 1 aromatic rings. The number of rotatable bonds is 5. The van der Waals surface area contributed by atoms with Crippen molar-refractivity contribution in [2.45, 2.75) is 26.3 Å². The van der Waals surface area contributed by atoms with Crippen molar-refractivity contribution < 1.29 is 19.1 Å². The molecule has 0 unspecified atom stereocenters. The van der Waals surface area contributed by atoms with Gasteiger partial charge in [0.05, 0.1) is 13.1 Å². The van der Waals surface area contributed by atoms with Gasteiger partial charge >= 0.3 is 0 Å². The van der Waals surface area contributed by atoms with Crippen LogP contribution in [0.15, 0.2) is 18.2 Å². The molecule has 0 spiro atoms. The Morgan fingerprint density at radius 2 is 1.71 bits per heavy atom. The lowest BCUT2D eigenvalue weighted by molar-refractivity contribution is -0.124. The summed E-state index contributed by atoms with van der Waals surface area (Å²) < 4.78 is 10.9. The first-order chi connectivity index (χ1) is 11.2. The van der Waals surface area contributed by atoms with Crippen molar-refractivity contribution in [2.24, 2.45) is 0 Å². The largest absolute Gasteiger partial charge is 0.486 e. The second-order valence-electron chi connectivity index (χ2n) is 6.88. The number of carbonyl (C=O) groups excluding carboxylic acids is 2. The molecule has 0 saturated heterocycles. The van der Waals surface area contributed by atoms with Crippen LogP contribution in [0.1, 0.15) is 20.8 Å². The first-order valence-electron chi connectivity index (χ1n) is 7.92. The summed E-state index contributed by atoms with van der Waals surface area (Å²) in [5.74, 6) is 0.988. The van der Waals surface area contributed by atoms with Crippen LogP contribution in [0.3, 0.4) is 0 Å². The maximum atomic E-state index is 12.1. The van der Waals surface area contributed by atoms with E-state index < -0.39 is 0 Å². The summed E-state index contributed by atoms with van der Waals surface area (Å²) in [4.78, 5) is 25.6. The number of hydrogen-bond donors (Lipinski definition) is 2. The molecule has 0 aliphatic carbocycles. The second kappa shape index (κ2) is 7.53. The molecular weight excluding hydrogens is 310 g/mol. The number of hydrogen-bond acceptors (Lipinski definition) is 5. The van der Waals surface area contributed by atoms with E-state index in [4.69, 9.17) is 9.47 Å². The van der Waals surface area contributed by atoms with E-state index >= 15 is 0 Å². The van der Waals surface area contributed by atoms with Crippen molar-refractivity contribution >= 4 is 17.5 Å². The Morgan fingerprint density at radius 3 is 2.38 bits per heavy atom. The third kappa shape index (κ3) is 5.73. The topological polar surface area (TPSA) is 79.9 Å². The molecule has 0 aromatic heterocycles. The maximum Gasteiger partial charge on any atom is 0.238 e. The Labute approximate surface area is 142 Å². The van der Waals surface area contributed by atoms with Crippen LogP contribution in [-0.4, -0.2) is 55.6 Å². The molecule has 0 saturated carbocycles. The normalized spacial score (nSPS) is 13.5. The third-order valence-corrected chi connectivity index (χ3v) is 3.17. The number of ether oxygens (including phenoxy) is 2. The van der Waals surface area contributed by atoms with E-state index in [1.165, 1.54) is 0 Å². The van der Waals surface area contributed by atoms with Gasteiger partial charge in [0.2, 0.25) is 11.8 Å². The first kappa shape index (κ1) is 18.1. The van der Waals surface area contributed by atoms with Gasteiger partial charge < -0.3 is 20.1 Å². The average Bonchev–Trinajstić information content (AvgIpc) is 2.44. The fourth-order valence-electron chi connectivity index (χ4n) is 2.33. The van der Waals surface area contributed by atoms with Crippen LogP contribution in [0.5, 0.6) is 11.5 Å². The molecule has 2 amide bonds. The number of nitrogens with one attached hydrogen (secondary N) is 2. The molecule has 0 fully saturated rings. The summed E-state index contributed by atoms with van der Waals surface area (Å²) in [6, 6.07) is 5.26. The van der Waals surface area contributed by atoms with E-state index in [2.05, 4.69) is 10.6 Å². The van der Waals surface area contributed by atoms with Gasteiger partial charge in [0.1, 0.15) is 13.2 Å². The summed E-state index contributed by atoms with van der Waals surface area (Å²) in [7, 11) is 1.73. The number of anilines is 1. The summed E-state index contributed by atoms with van der Waals surface area (Å²) in [6.45, 7) is 7.05. The van der Waals surface area contributed by atoms with Crippen molar-refractivity contribution in [3.05, 3.63) is 18.2 Å². The van der Waals surface area contributed by atoms with Gasteiger partial charge in [-0.25, -0.2) is 0 Å². The van der Waals surface area contributed by atoms with Crippen LogP contribution in [0.4, 0.5) is 5.69 Å². The lowest BCUT2D eigenvalue weighted by Crippen LogP contribution is -2.46. The molecule has 2 rings (SSSR count). The monoisotopic (exact) mass is 335 g/mol. The quantitative estimate of drug-likeness (QED) is 0.846. The van der Waals surface area contributed by atoms with Crippen LogP contribution < -0.4 is 20.1 Å². The Hall–Kier alpha value is -2.28. The van der Waals surface area contributed by atoms with E-state index in [0.29, 0.717) is 30.4 Å². The predicted octanol–water partition coefficient (Wildman–Crippen LogP) is 1.24. The minimum Gasteiger partial charge on any atom is -0.486 e. The highest BCUT2D eigenvalue weighted by Gasteiger charge is 2.17. The van der Waals surface area contributed by atoms with Crippen molar-refractivity contribution in [1.82, 2.24) is 10.2 Å². The fourth-order valence-corrected chi connectivity index (χ4v) is 2.33. The van der Waals surface area contributed by atoms with Crippen molar-refractivity contribution in [2.75, 3.05) is 38.7 Å². The molecule has 24 heavy (non-hydrogen) atoms. The number of benzene rings is 1. The highest BCUT2D eigenvalue weighted by atomic mass is 16.6. The molecule has 7 heteroatoms. The molecule has 1 aliphatic rings. The SMILES string of the molecule is CN(CC(=O)Nc1ccc2c(c1)OCCO2)CC(=O)NC(C)(C)C. The standard InChI is InChI=1S/C17H25N3O4/c1-17(2,3)19-16(22)11-20(4)10-15(21)18-12-5-6-13-14(9-12)24-8-7-23-13/h5-6,9H,7-8,10-11H2,1-4H3,(H,18,21)(H,19,22). The fraction of sp³-hybridized carbons (Fsp3) is 0.529. The van der Waals surface area contributed by atoms with Gasteiger partial charge in [0.15, 0.2) is 11.5 Å². The van der Waals surface area contributed by atoms with Crippen LogP contribution >= 0.6 is 0 Å². The number of likely N-dealkylation sites (N-methyl/N-ethyl adjacent to an activating group) is 1. The third-order valence-electron chi connectivity index (χ3n) is 3.17. The predicted molar refractivity (Wildman–Crippen MR) is 91.5 cm³/mol. The van der Waals surface area contributed by atoms with Crippen molar-refractivity contribution in [3.63, 3.8) is 0 Å². The highest BCUT2D eigenvalue weighted by Crippen LogP contribution is 2.32. The zero-order valence-electron chi connectivity index (χ0n) is 14.6. The zero-order chi connectivity index (χ0) is 17.7. The van der Waals surface area contributed by atoms with Crippen LogP contribution in [0, 0.1) is 0 Å². The first-order valence-corrected chi connectivity index (χ1v) is 7.92. The number of amides is 2. The Morgan fingerprint density at radius 1 is 1.08 bits per heavy atom. The van der Waals surface area contributed by atoms with Crippen LogP contribution in [-0.2, 0) is 9.59 Å². The van der Waals surface area contributed by atoms with E-state index in [9.17, 15) is 9.59 Å². The van der Waals surface area contributed by atoms with E-state index in [1.54, 1.807) is 30.1 Å². The molecule has 0 bridgehead atoms. The molecule has 2 N–H and O–H groups in total. The molecule has 0 atom stereocenters. The maximum absolute atomic E-state index is 12.1. The number of fused-ring (bicyclic) bond motifs is 1. The Kier molecular flexibility index (Phi) is 5.66. The smallest absolute Gasteiger partial charge is 0.238 e. The highest BCUT2D eigenvalue weighted by molar-refractivity contribution is 5.93. The molecule has 1 aliphatic heterocycles. The lowest BCUT2D eigenvalue weighted by atomic mass is 10.1. The molecule has 0 radical (unpaired) electrons. The van der Waals surface area contributed by atoms with E-state index in [-0.39, 0.29) is 30.4 Å².